The first kappa shape index (κ1) is 16.5. The van der Waals surface area contributed by atoms with Crippen LogP contribution in [0.1, 0.15) is 45.6 Å². The number of anilines is 1. The molecule has 0 aliphatic heterocycles. The van der Waals surface area contributed by atoms with Crippen LogP contribution >= 0.6 is 11.6 Å². The zero-order chi connectivity index (χ0) is 15.8. The van der Waals surface area contributed by atoms with E-state index in [9.17, 15) is 13.2 Å². The van der Waals surface area contributed by atoms with Gasteiger partial charge >= 0.3 is 6.18 Å². The van der Waals surface area contributed by atoms with Crippen molar-refractivity contribution in [1.29, 1.82) is 0 Å². The minimum atomic E-state index is -4.35. The van der Waals surface area contributed by atoms with E-state index in [1.165, 1.54) is 6.07 Å². The van der Waals surface area contributed by atoms with Crippen LogP contribution < -0.4 is 5.32 Å². The molecule has 1 aliphatic rings. The maximum atomic E-state index is 12.8. The molecular formula is C16H21ClF3N. The van der Waals surface area contributed by atoms with Gasteiger partial charge in [0, 0.05) is 6.04 Å². The van der Waals surface area contributed by atoms with Crippen LogP contribution in [-0.4, -0.2) is 6.04 Å². The van der Waals surface area contributed by atoms with E-state index in [0.29, 0.717) is 16.6 Å². The number of hydrogen-bond acceptors (Lipinski definition) is 1. The molecule has 2 atom stereocenters. The predicted molar refractivity (Wildman–Crippen MR) is 80.7 cm³/mol. The second-order valence-corrected chi connectivity index (χ2v) is 7.35. The Bertz CT molecular complexity index is 511. The molecule has 0 saturated heterocycles. The van der Waals surface area contributed by atoms with Gasteiger partial charge in [-0.25, -0.2) is 0 Å². The Hall–Kier alpha value is -0.900. The molecule has 2 rings (SSSR count). The highest BCUT2D eigenvalue weighted by Gasteiger charge is 2.33. The van der Waals surface area contributed by atoms with E-state index in [-0.39, 0.29) is 11.5 Å². The average Bonchev–Trinajstić information content (AvgIpc) is 2.27. The summed E-state index contributed by atoms with van der Waals surface area (Å²) in [6, 6.07) is 3.59. The molecule has 1 N–H and O–H groups in total. The molecule has 1 nitrogen and oxygen atoms in total. The fraction of sp³-hybridized carbons (Fsp3) is 0.625. The highest BCUT2D eigenvalue weighted by molar-refractivity contribution is 6.33. The minimum absolute atomic E-state index is 0.157. The number of halogens is 4. The average molecular weight is 320 g/mol. The second kappa shape index (κ2) is 5.71. The summed E-state index contributed by atoms with van der Waals surface area (Å²) in [4.78, 5) is 0. The maximum absolute atomic E-state index is 12.8. The topological polar surface area (TPSA) is 12.0 Å². The van der Waals surface area contributed by atoms with Crippen LogP contribution in [0.4, 0.5) is 18.9 Å². The Morgan fingerprint density at radius 2 is 1.90 bits per heavy atom. The molecule has 1 aromatic carbocycles. The van der Waals surface area contributed by atoms with Crippen molar-refractivity contribution in [1.82, 2.24) is 0 Å². The van der Waals surface area contributed by atoms with Gasteiger partial charge in [-0.2, -0.15) is 13.2 Å². The van der Waals surface area contributed by atoms with Crippen LogP contribution in [0.2, 0.25) is 5.02 Å². The summed E-state index contributed by atoms with van der Waals surface area (Å²) >= 11 is 6.04. The quantitative estimate of drug-likeness (QED) is 0.706. The standard InChI is InChI=1S/C16H21ClF3N/c1-10-6-12(9-15(2,3)8-10)21-14-7-11(16(18,19)20)4-5-13(14)17/h4-5,7,10,12,21H,6,8-9H2,1-3H3. The van der Waals surface area contributed by atoms with Crippen molar-refractivity contribution in [3.05, 3.63) is 28.8 Å². The van der Waals surface area contributed by atoms with Crippen LogP contribution in [0.3, 0.4) is 0 Å². The number of rotatable bonds is 2. The van der Waals surface area contributed by atoms with Gasteiger partial charge in [-0.15, -0.1) is 0 Å². The van der Waals surface area contributed by atoms with Crippen LogP contribution in [0.25, 0.3) is 0 Å². The number of hydrogen-bond donors (Lipinski definition) is 1. The number of benzene rings is 1. The molecule has 1 saturated carbocycles. The Labute approximate surface area is 128 Å². The zero-order valence-electron chi connectivity index (χ0n) is 12.5. The van der Waals surface area contributed by atoms with Gasteiger partial charge in [0.05, 0.1) is 16.3 Å². The lowest BCUT2D eigenvalue weighted by molar-refractivity contribution is -0.137. The Balaban J connectivity index is 2.19. The fourth-order valence-electron chi connectivity index (χ4n) is 3.49. The summed E-state index contributed by atoms with van der Waals surface area (Å²) in [7, 11) is 0. The van der Waals surface area contributed by atoms with Gasteiger partial charge < -0.3 is 5.32 Å². The second-order valence-electron chi connectivity index (χ2n) is 6.95. The first-order chi connectivity index (χ1) is 9.57. The molecule has 1 aliphatic carbocycles. The van der Waals surface area contributed by atoms with Gasteiger partial charge in [-0.1, -0.05) is 32.4 Å². The van der Waals surface area contributed by atoms with Crippen LogP contribution in [-0.2, 0) is 6.18 Å². The Morgan fingerprint density at radius 3 is 2.48 bits per heavy atom. The first-order valence-corrected chi connectivity index (χ1v) is 7.58. The van der Waals surface area contributed by atoms with Gasteiger partial charge in [-0.05, 0) is 48.8 Å². The first-order valence-electron chi connectivity index (χ1n) is 7.20. The molecule has 0 radical (unpaired) electrons. The molecule has 0 amide bonds. The minimum Gasteiger partial charge on any atom is -0.381 e. The fourth-order valence-corrected chi connectivity index (χ4v) is 3.66. The van der Waals surface area contributed by atoms with Crippen LogP contribution in [0.5, 0.6) is 0 Å². The summed E-state index contributed by atoms with van der Waals surface area (Å²) in [6.45, 7) is 6.58. The summed E-state index contributed by atoms with van der Waals surface area (Å²) in [5.41, 5.74) is -0.0948. The third-order valence-electron chi connectivity index (χ3n) is 4.04. The van der Waals surface area contributed by atoms with Crippen LogP contribution in [0, 0.1) is 11.3 Å². The molecule has 0 bridgehead atoms. The van der Waals surface area contributed by atoms with Crippen LogP contribution in [0.15, 0.2) is 18.2 Å². The Morgan fingerprint density at radius 1 is 1.24 bits per heavy atom. The molecule has 2 unspecified atom stereocenters. The maximum Gasteiger partial charge on any atom is 0.416 e. The zero-order valence-corrected chi connectivity index (χ0v) is 13.3. The van der Waals surface area contributed by atoms with Crippen molar-refractivity contribution in [2.24, 2.45) is 11.3 Å². The molecule has 1 aromatic rings. The molecule has 0 spiro atoms. The smallest absolute Gasteiger partial charge is 0.381 e. The van der Waals surface area contributed by atoms with Crippen molar-refractivity contribution < 1.29 is 13.2 Å². The highest BCUT2D eigenvalue weighted by Crippen LogP contribution is 2.41. The highest BCUT2D eigenvalue weighted by atomic mass is 35.5. The van der Waals surface area contributed by atoms with Crippen molar-refractivity contribution in [2.75, 3.05) is 5.32 Å². The van der Waals surface area contributed by atoms with E-state index in [1.54, 1.807) is 0 Å². The molecule has 0 aromatic heterocycles. The van der Waals surface area contributed by atoms with Crippen molar-refractivity contribution in [3.8, 4) is 0 Å². The van der Waals surface area contributed by atoms with Crippen molar-refractivity contribution in [2.45, 2.75) is 52.3 Å². The largest absolute Gasteiger partial charge is 0.416 e. The lowest BCUT2D eigenvalue weighted by Gasteiger charge is -2.39. The summed E-state index contributed by atoms with van der Waals surface area (Å²) in [5, 5.41) is 3.55. The van der Waals surface area contributed by atoms with Gasteiger partial charge in [0.2, 0.25) is 0 Å². The molecule has 118 valence electrons. The normalized spacial score (nSPS) is 25.7. The predicted octanol–water partition coefficient (Wildman–Crippen LogP) is 5.99. The van der Waals surface area contributed by atoms with E-state index in [1.807, 2.05) is 0 Å². The van der Waals surface area contributed by atoms with Crippen molar-refractivity contribution >= 4 is 17.3 Å². The molecule has 5 heteroatoms. The summed E-state index contributed by atoms with van der Waals surface area (Å²) in [5.74, 6) is 0.552. The summed E-state index contributed by atoms with van der Waals surface area (Å²) < 4.78 is 38.4. The molecular weight excluding hydrogens is 299 g/mol. The van der Waals surface area contributed by atoms with Gasteiger partial charge in [-0.3, -0.25) is 0 Å². The van der Waals surface area contributed by atoms with Gasteiger partial charge in [0.25, 0.3) is 0 Å². The molecule has 0 heterocycles. The summed E-state index contributed by atoms with van der Waals surface area (Å²) in [6.07, 6.45) is -1.32. The number of nitrogens with one attached hydrogen (secondary N) is 1. The van der Waals surface area contributed by atoms with Gasteiger partial charge in [0.1, 0.15) is 0 Å². The third kappa shape index (κ3) is 4.29. The lowest BCUT2D eigenvalue weighted by Crippen LogP contribution is -2.35. The Kier molecular flexibility index (Phi) is 4.48. The van der Waals surface area contributed by atoms with E-state index in [0.717, 1.165) is 31.4 Å². The number of alkyl halides is 3. The SMILES string of the molecule is CC1CC(Nc2cc(C(F)(F)F)ccc2Cl)CC(C)(C)C1. The lowest BCUT2D eigenvalue weighted by atomic mass is 9.70. The third-order valence-corrected chi connectivity index (χ3v) is 4.37. The molecule has 1 fully saturated rings. The van der Waals surface area contributed by atoms with Gasteiger partial charge in [0.15, 0.2) is 0 Å². The van der Waals surface area contributed by atoms with E-state index in [2.05, 4.69) is 26.1 Å². The molecule has 21 heavy (non-hydrogen) atoms. The van der Waals surface area contributed by atoms with E-state index >= 15 is 0 Å². The van der Waals surface area contributed by atoms with E-state index in [4.69, 9.17) is 11.6 Å². The van der Waals surface area contributed by atoms with E-state index < -0.39 is 11.7 Å². The van der Waals surface area contributed by atoms with Crippen molar-refractivity contribution in [3.63, 3.8) is 0 Å². The monoisotopic (exact) mass is 319 g/mol.